The molecule has 1 amide bonds. The highest BCUT2D eigenvalue weighted by Gasteiger charge is 2.28. The van der Waals surface area contributed by atoms with Gasteiger partial charge in [0.15, 0.2) is 0 Å². The molecule has 0 radical (unpaired) electrons. The molecule has 3 rings (SSSR count). The summed E-state index contributed by atoms with van der Waals surface area (Å²) in [6.45, 7) is 1.32. The second-order valence-electron chi connectivity index (χ2n) is 6.59. The molecule has 2 aromatic carbocycles. The summed E-state index contributed by atoms with van der Waals surface area (Å²) in [5, 5.41) is 2.80. The fourth-order valence-corrected chi connectivity index (χ4v) is 3.87. The fraction of sp³-hybridized carbons (Fsp3) is 0.350. The highest BCUT2D eigenvalue weighted by molar-refractivity contribution is 7.89. The Morgan fingerprint density at radius 1 is 1.11 bits per heavy atom. The molecule has 1 aliphatic carbocycles. The van der Waals surface area contributed by atoms with Crippen molar-refractivity contribution < 1.29 is 22.7 Å². The summed E-state index contributed by atoms with van der Waals surface area (Å²) in [5.41, 5.74) is 1.21. The van der Waals surface area contributed by atoms with E-state index in [4.69, 9.17) is 9.47 Å². The van der Waals surface area contributed by atoms with Crippen LogP contribution in [0.15, 0.2) is 53.4 Å². The Labute approximate surface area is 165 Å². The van der Waals surface area contributed by atoms with Crippen molar-refractivity contribution in [3.63, 3.8) is 0 Å². The third-order valence-electron chi connectivity index (χ3n) is 4.24. The van der Waals surface area contributed by atoms with Gasteiger partial charge in [0.2, 0.25) is 10.0 Å². The van der Waals surface area contributed by atoms with E-state index in [-0.39, 0.29) is 16.8 Å². The summed E-state index contributed by atoms with van der Waals surface area (Å²) >= 11 is 0. The van der Waals surface area contributed by atoms with E-state index in [1.165, 1.54) is 12.1 Å². The largest absolute Gasteiger partial charge is 0.491 e. The summed E-state index contributed by atoms with van der Waals surface area (Å²) in [5.74, 6) is 0.400. The smallest absolute Gasteiger partial charge is 0.251 e. The first-order valence-corrected chi connectivity index (χ1v) is 10.6. The molecule has 0 heterocycles. The molecule has 1 aliphatic rings. The number of rotatable bonds is 10. The second-order valence-corrected chi connectivity index (χ2v) is 8.31. The van der Waals surface area contributed by atoms with E-state index in [0.717, 1.165) is 24.2 Å². The van der Waals surface area contributed by atoms with Crippen molar-refractivity contribution in [2.45, 2.75) is 30.3 Å². The van der Waals surface area contributed by atoms with Crippen molar-refractivity contribution in [2.24, 2.45) is 0 Å². The molecular formula is C20H24N2O5S. The number of benzene rings is 2. The minimum atomic E-state index is -3.59. The fourth-order valence-electron chi connectivity index (χ4n) is 2.52. The van der Waals surface area contributed by atoms with Crippen LogP contribution >= 0.6 is 0 Å². The maximum Gasteiger partial charge on any atom is 0.251 e. The molecule has 0 bridgehead atoms. The molecule has 28 heavy (non-hydrogen) atoms. The number of carbonyl (C=O) groups excluding carboxylic acids is 1. The number of amides is 1. The van der Waals surface area contributed by atoms with Gasteiger partial charge in [-0.1, -0.05) is 18.2 Å². The molecule has 0 unspecified atom stereocenters. The van der Waals surface area contributed by atoms with Crippen LogP contribution in [0.5, 0.6) is 5.75 Å². The third kappa shape index (κ3) is 5.79. The number of nitrogens with one attached hydrogen (secondary N) is 2. The number of sulfonamides is 1. The van der Waals surface area contributed by atoms with E-state index < -0.39 is 10.0 Å². The first-order chi connectivity index (χ1) is 13.5. The Kier molecular flexibility index (Phi) is 6.66. The van der Waals surface area contributed by atoms with Crippen molar-refractivity contribution in [1.29, 1.82) is 0 Å². The van der Waals surface area contributed by atoms with Gasteiger partial charge in [-0.2, -0.15) is 0 Å². The predicted molar refractivity (Wildman–Crippen MR) is 105 cm³/mol. The van der Waals surface area contributed by atoms with Crippen LogP contribution in [0.2, 0.25) is 0 Å². The molecule has 150 valence electrons. The van der Waals surface area contributed by atoms with E-state index in [0.29, 0.717) is 25.3 Å². The van der Waals surface area contributed by atoms with Crippen LogP contribution in [0, 0.1) is 0 Å². The van der Waals surface area contributed by atoms with Crippen LogP contribution in [0.4, 0.5) is 0 Å². The molecular weight excluding hydrogens is 380 g/mol. The molecule has 2 N–H and O–H groups in total. The van der Waals surface area contributed by atoms with E-state index >= 15 is 0 Å². The molecule has 0 atom stereocenters. The monoisotopic (exact) mass is 404 g/mol. The van der Waals surface area contributed by atoms with Gasteiger partial charge in [0.05, 0.1) is 11.5 Å². The van der Waals surface area contributed by atoms with Gasteiger partial charge in [0.25, 0.3) is 5.91 Å². The van der Waals surface area contributed by atoms with E-state index in [2.05, 4.69) is 10.0 Å². The Morgan fingerprint density at radius 2 is 1.86 bits per heavy atom. The molecule has 1 fully saturated rings. The van der Waals surface area contributed by atoms with Crippen molar-refractivity contribution >= 4 is 15.9 Å². The molecule has 0 spiro atoms. The van der Waals surface area contributed by atoms with E-state index in [1.54, 1.807) is 19.2 Å². The lowest BCUT2D eigenvalue weighted by Gasteiger charge is -2.09. The van der Waals surface area contributed by atoms with Gasteiger partial charge in [0.1, 0.15) is 12.4 Å². The standard InChI is InChI=1S/C20H24N2O5S/c1-26-11-12-27-18-9-5-15(6-10-18)14-21-20(23)16-3-2-4-19(13-16)28(24,25)22-17-7-8-17/h2-6,9-10,13,17,22H,7-8,11-12,14H2,1H3,(H,21,23). The maximum atomic E-state index is 12.4. The second kappa shape index (κ2) is 9.18. The Morgan fingerprint density at radius 3 is 2.54 bits per heavy atom. The first-order valence-electron chi connectivity index (χ1n) is 9.09. The van der Waals surface area contributed by atoms with Crippen LogP contribution < -0.4 is 14.8 Å². The third-order valence-corrected chi connectivity index (χ3v) is 5.76. The van der Waals surface area contributed by atoms with Gasteiger partial charge in [-0.05, 0) is 48.7 Å². The summed E-state index contributed by atoms with van der Waals surface area (Å²) < 4.78 is 37.6. The summed E-state index contributed by atoms with van der Waals surface area (Å²) in [4.78, 5) is 12.5. The molecule has 8 heteroatoms. The SMILES string of the molecule is COCCOc1ccc(CNC(=O)c2cccc(S(=O)(=O)NC3CC3)c2)cc1. The lowest BCUT2D eigenvalue weighted by molar-refractivity contribution is 0.0950. The summed E-state index contributed by atoms with van der Waals surface area (Å²) in [6, 6.07) is 13.5. The van der Waals surface area contributed by atoms with E-state index in [1.807, 2.05) is 24.3 Å². The van der Waals surface area contributed by atoms with Gasteiger partial charge in [0, 0.05) is 25.3 Å². The van der Waals surface area contributed by atoms with Crippen LogP contribution in [0.25, 0.3) is 0 Å². The number of hydrogen-bond acceptors (Lipinski definition) is 5. The molecule has 0 aromatic heterocycles. The summed E-state index contributed by atoms with van der Waals surface area (Å²) in [7, 11) is -1.97. The molecule has 1 saturated carbocycles. The zero-order valence-electron chi connectivity index (χ0n) is 15.7. The highest BCUT2D eigenvalue weighted by Crippen LogP contribution is 2.22. The highest BCUT2D eigenvalue weighted by atomic mass is 32.2. The van der Waals surface area contributed by atoms with Gasteiger partial charge in [-0.25, -0.2) is 13.1 Å². The normalized spacial score (nSPS) is 13.9. The Balaban J connectivity index is 1.56. The number of ether oxygens (including phenoxy) is 2. The number of carbonyl (C=O) groups is 1. The zero-order chi connectivity index (χ0) is 20.0. The average molecular weight is 404 g/mol. The maximum absolute atomic E-state index is 12.4. The van der Waals surface area contributed by atoms with Crippen LogP contribution in [-0.2, 0) is 21.3 Å². The summed E-state index contributed by atoms with van der Waals surface area (Å²) in [6.07, 6.45) is 1.71. The average Bonchev–Trinajstić information content (AvgIpc) is 3.51. The lowest BCUT2D eigenvalue weighted by atomic mass is 10.2. The Hall–Kier alpha value is -2.42. The molecule has 0 aliphatic heterocycles. The lowest BCUT2D eigenvalue weighted by Crippen LogP contribution is -2.27. The zero-order valence-corrected chi connectivity index (χ0v) is 16.5. The molecule has 0 saturated heterocycles. The van der Waals surface area contributed by atoms with Gasteiger partial charge < -0.3 is 14.8 Å². The molecule has 7 nitrogen and oxygen atoms in total. The van der Waals surface area contributed by atoms with Gasteiger partial charge in [-0.15, -0.1) is 0 Å². The van der Waals surface area contributed by atoms with Crippen LogP contribution in [-0.4, -0.2) is 40.7 Å². The van der Waals surface area contributed by atoms with Crippen molar-refractivity contribution in [1.82, 2.24) is 10.0 Å². The van der Waals surface area contributed by atoms with Crippen molar-refractivity contribution in [2.75, 3.05) is 20.3 Å². The molecule has 2 aromatic rings. The van der Waals surface area contributed by atoms with Gasteiger partial charge >= 0.3 is 0 Å². The first kappa shape index (κ1) is 20.3. The van der Waals surface area contributed by atoms with Crippen molar-refractivity contribution in [3.8, 4) is 5.75 Å². The minimum Gasteiger partial charge on any atom is -0.491 e. The number of methoxy groups -OCH3 is 1. The quantitative estimate of drug-likeness (QED) is 0.592. The van der Waals surface area contributed by atoms with E-state index in [9.17, 15) is 13.2 Å². The van der Waals surface area contributed by atoms with Crippen LogP contribution in [0.1, 0.15) is 28.8 Å². The van der Waals surface area contributed by atoms with Crippen molar-refractivity contribution in [3.05, 3.63) is 59.7 Å². The minimum absolute atomic E-state index is 0.0175. The Bertz CT molecular complexity index is 908. The predicted octanol–water partition coefficient (Wildman–Crippen LogP) is 2.08. The topological polar surface area (TPSA) is 93.7 Å². The number of hydrogen-bond donors (Lipinski definition) is 2. The van der Waals surface area contributed by atoms with Gasteiger partial charge in [-0.3, -0.25) is 4.79 Å². The van der Waals surface area contributed by atoms with Crippen LogP contribution in [0.3, 0.4) is 0 Å².